The Kier molecular flexibility index (Phi) is 3.83. The number of primary sulfonamides is 1. The van der Waals surface area contributed by atoms with Crippen molar-refractivity contribution in [2.75, 3.05) is 5.32 Å². The largest absolute Gasteiger partial charge is 0.325 e. The molecule has 0 spiro atoms. The number of rotatable bonds is 3. The third-order valence-corrected chi connectivity index (χ3v) is 2.93. The molecule has 0 aromatic heterocycles. The van der Waals surface area contributed by atoms with Crippen LogP contribution >= 0.6 is 0 Å². The lowest BCUT2D eigenvalue weighted by Crippen LogP contribution is -2.19. The predicted molar refractivity (Wildman–Crippen MR) is 61.2 cm³/mol. The number of amides is 1. The quantitative estimate of drug-likeness (QED) is 0.813. The van der Waals surface area contributed by atoms with Crippen molar-refractivity contribution in [2.24, 2.45) is 11.1 Å². The summed E-state index contributed by atoms with van der Waals surface area (Å²) >= 11 is 0. The molecular formula is C10H11N3O3S. The number of carbonyl (C=O) groups is 1. The van der Waals surface area contributed by atoms with Gasteiger partial charge in [0.15, 0.2) is 0 Å². The minimum Gasteiger partial charge on any atom is -0.325 e. The van der Waals surface area contributed by atoms with Gasteiger partial charge in [-0.3, -0.25) is 4.79 Å². The van der Waals surface area contributed by atoms with Gasteiger partial charge in [-0.1, -0.05) is 6.07 Å². The predicted octanol–water partition coefficient (Wildman–Crippen LogP) is 0.432. The summed E-state index contributed by atoms with van der Waals surface area (Å²) in [7, 11) is -3.80. The molecule has 6 nitrogen and oxygen atoms in total. The molecule has 1 atom stereocenters. The van der Waals surface area contributed by atoms with E-state index in [9.17, 15) is 13.2 Å². The van der Waals surface area contributed by atoms with Gasteiger partial charge in [-0.05, 0) is 25.1 Å². The van der Waals surface area contributed by atoms with Crippen molar-refractivity contribution in [1.82, 2.24) is 0 Å². The third kappa shape index (κ3) is 3.55. The van der Waals surface area contributed by atoms with E-state index in [4.69, 9.17) is 10.4 Å². The van der Waals surface area contributed by atoms with Crippen molar-refractivity contribution < 1.29 is 13.2 Å². The molecule has 90 valence electrons. The van der Waals surface area contributed by atoms with Gasteiger partial charge in [0.05, 0.1) is 11.0 Å². The van der Waals surface area contributed by atoms with Gasteiger partial charge >= 0.3 is 0 Å². The lowest BCUT2D eigenvalue weighted by Gasteiger charge is -2.07. The first-order chi connectivity index (χ1) is 7.84. The Bertz CT molecular complexity index is 575. The molecule has 0 fully saturated rings. The van der Waals surface area contributed by atoms with Crippen LogP contribution in [0.1, 0.15) is 6.92 Å². The maximum absolute atomic E-state index is 11.4. The minimum atomic E-state index is -3.80. The second-order valence-electron chi connectivity index (χ2n) is 3.41. The molecule has 1 rings (SSSR count). The lowest BCUT2D eigenvalue weighted by molar-refractivity contribution is -0.117. The number of anilines is 1. The summed E-state index contributed by atoms with van der Waals surface area (Å²) in [4.78, 5) is 11.3. The Morgan fingerprint density at radius 3 is 2.71 bits per heavy atom. The number of nitrogens with two attached hydrogens (primary N) is 1. The Balaban J connectivity index is 2.96. The van der Waals surface area contributed by atoms with Crippen molar-refractivity contribution in [1.29, 1.82) is 5.26 Å². The van der Waals surface area contributed by atoms with Gasteiger partial charge in [0.2, 0.25) is 15.9 Å². The number of nitriles is 1. The van der Waals surface area contributed by atoms with Gasteiger partial charge in [0, 0.05) is 5.69 Å². The standard InChI is InChI=1S/C10H11N3O3S/c1-7(6-11)10(14)13-8-3-2-4-9(5-8)17(12,15)16/h2-5,7H,1H3,(H,13,14)(H2,12,15,16). The van der Waals surface area contributed by atoms with Gasteiger partial charge in [-0.15, -0.1) is 0 Å². The van der Waals surface area contributed by atoms with E-state index in [2.05, 4.69) is 5.32 Å². The van der Waals surface area contributed by atoms with E-state index >= 15 is 0 Å². The molecule has 17 heavy (non-hydrogen) atoms. The van der Waals surface area contributed by atoms with E-state index in [0.717, 1.165) is 0 Å². The molecule has 0 bridgehead atoms. The highest BCUT2D eigenvalue weighted by atomic mass is 32.2. The average Bonchev–Trinajstić information content (AvgIpc) is 2.27. The topological polar surface area (TPSA) is 113 Å². The molecule has 1 aromatic rings. The highest BCUT2D eigenvalue weighted by Crippen LogP contribution is 2.14. The van der Waals surface area contributed by atoms with E-state index in [0.29, 0.717) is 0 Å². The summed E-state index contributed by atoms with van der Waals surface area (Å²) in [6.07, 6.45) is 0. The second kappa shape index (κ2) is 4.95. The van der Waals surface area contributed by atoms with Crippen LogP contribution in [0.3, 0.4) is 0 Å². The molecule has 1 amide bonds. The maximum atomic E-state index is 11.4. The van der Waals surface area contributed by atoms with Crippen molar-refractivity contribution in [2.45, 2.75) is 11.8 Å². The Hall–Kier alpha value is -1.91. The molecule has 0 saturated carbocycles. The highest BCUT2D eigenvalue weighted by Gasteiger charge is 2.13. The van der Waals surface area contributed by atoms with Crippen LogP contribution in [0.25, 0.3) is 0 Å². The Morgan fingerprint density at radius 1 is 1.53 bits per heavy atom. The van der Waals surface area contributed by atoms with E-state index in [1.54, 1.807) is 6.07 Å². The van der Waals surface area contributed by atoms with Gasteiger partial charge in [-0.2, -0.15) is 5.26 Å². The summed E-state index contributed by atoms with van der Waals surface area (Å²) < 4.78 is 22.1. The number of hydrogen-bond acceptors (Lipinski definition) is 4. The number of nitrogens with zero attached hydrogens (tertiary/aromatic N) is 1. The maximum Gasteiger partial charge on any atom is 0.241 e. The minimum absolute atomic E-state index is 0.0973. The molecule has 3 N–H and O–H groups in total. The summed E-state index contributed by atoms with van der Waals surface area (Å²) in [5.74, 6) is -1.31. The zero-order chi connectivity index (χ0) is 13.1. The molecule has 0 aliphatic rings. The average molecular weight is 253 g/mol. The van der Waals surface area contributed by atoms with Crippen LogP contribution in [0, 0.1) is 17.2 Å². The smallest absolute Gasteiger partial charge is 0.241 e. The number of nitrogens with one attached hydrogen (secondary N) is 1. The van der Waals surface area contributed by atoms with Crippen LogP contribution < -0.4 is 10.5 Å². The monoisotopic (exact) mass is 253 g/mol. The number of sulfonamides is 1. The van der Waals surface area contributed by atoms with Crippen molar-refractivity contribution >= 4 is 21.6 Å². The van der Waals surface area contributed by atoms with E-state index in [-0.39, 0.29) is 10.6 Å². The molecule has 7 heteroatoms. The normalized spacial score (nSPS) is 12.5. The molecule has 0 radical (unpaired) electrons. The second-order valence-corrected chi connectivity index (χ2v) is 4.97. The SMILES string of the molecule is CC(C#N)C(=O)Nc1cccc(S(N)(=O)=O)c1. The first-order valence-electron chi connectivity index (χ1n) is 4.68. The van der Waals surface area contributed by atoms with Crippen molar-refractivity contribution in [3.63, 3.8) is 0 Å². The van der Waals surface area contributed by atoms with Crippen LogP contribution in [0.2, 0.25) is 0 Å². The third-order valence-electron chi connectivity index (χ3n) is 2.02. The Morgan fingerprint density at radius 2 is 2.18 bits per heavy atom. The molecule has 0 aliphatic heterocycles. The fourth-order valence-electron chi connectivity index (χ4n) is 1.06. The molecular weight excluding hydrogens is 242 g/mol. The van der Waals surface area contributed by atoms with Crippen LogP contribution in [0.5, 0.6) is 0 Å². The summed E-state index contributed by atoms with van der Waals surface area (Å²) in [5.41, 5.74) is 0.281. The van der Waals surface area contributed by atoms with Crippen LogP contribution in [-0.4, -0.2) is 14.3 Å². The van der Waals surface area contributed by atoms with E-state index in [1.807, 2.05) is 0 Å². The van der Waals surface area contributed by atoms with Crippen molar-refractivity contribution in [3.05, 3.63) is 24.3 Å². The molecule has 1 unspecified atom stereocenters. The lowest BCUT2D eigenvalue weighted by atomic mass is 10.2. The fraction of sp³-hybridized carbons (Fsp3) is 0.200. The molecule has 1 aromatic carbocycles. The number of hydrogen-bond donors (Lipinski definition) is 2. The highest BCUT2D eigenvalue weighted by molar-refractivity contribution is 7.89. The van der Waals surface area contributed by atoms with Crippen LogP contribution in [-0.2, 0) is 14.8 Å². The number of benzene rings is 1. The Labute approximate surface area is 99.1 Å². The zero-order valence-corrected chi connectivity index (χ0v) is 9.86. The summed E-state index contributed by atoms with van der Waals surface area (Å²) in [6, 6.07) is 7.29. The van der Waals surface area contributed by atoms with Crippen LogP contribution in [0.4, 0.5) is 5.69 Å². The first-order valence-corrected chi connectivity index (χ1v) is 6.22. The van der Waals surface area contributed by atoms with Crippen LogP contribution in [0.15, 0.2) is 29.2 Å². The van der Waals surface area contributed by atoms with Gasteiger partial charge in [0.1, 0.15) is 5.92 Å². The summed E-state index contributed by atoms with van der Waals surface area (Å²) in [6.45, 7) is 1.44. The molecule has 0 aliphatic carbocycles. The molecule has 0 saturated heterocycles. The molecule has 0 heterocycles. The van der Waals surface area contributed by atoms with Gasteiger partial charge in [-0.25, -0.2) is 13.6 Å². The van der Waals surface area contributed by atoms with Crippen molar-refractivity contribution in [3.8, 4) is 6.07 Å². The first kappa shape index (κ1) is 13.2. The van der Waals surface area contributed by atoms with E-state index in [1.165, 1.54) is 31.2 Å². The van der Waals surface area contributed by atoms with Gasteiger partial charge in [0.25, 0.3) is 0 Å². The van der Waals surface area contributed by atoms with Gasteiger partial charge < -0.3 is 5.32 Å². The fourth-order valence-corrected chi connectivity index (χ4v) is 1.62. The summed E-state index contributed by atoms with van der Waals surface area (Å²) in [5, 5.41) is 15.9. The van der Waals surface area contributed by atoms with E-state index < -0.39 is 21.8 Å². The zero-order valence-electron chi connectivity index (χ0n) is 9.04. The number of carbonyl (C=O) groups excluding carboxylic acids is 1.